The molecule has 0 aliphatic carbocycles. The molecule has 2 aromatic carbocycles. The topological polar surface area (TPSA) is 80.3 Å². The molecule has 0 heterocycles. The molecule has 7 nitrogen and oxygen atoms in total. The molecule has 0 saturated heterocycles. The first-order chi connectivity index (χ1) is 13.3. The van der Waals surface area contributed by atoms with Crippen LogP contribution in [0, 0.1) is 0 Å². The van der Waals surface area contributed by atoms with Crippen LogP contribution in [0.3, 0.4) is 0 Å². The summed E-state index contributed by atoms with van der Waals surface area (Å²) < 4.78 is 24.4. The van der Waals surface area contributed by atoms with Crippen molar-refractivity contribution >= 4 is 12.3 Å². The number of hydrogen-bond donors (Lipinski definition) is 0. The van der Waals surface area contributed by atoms with Gasteiger partial charge >= 0.3 is 12.3 Å². The van der Waals surface area contributed by atoms with Crippen molar-refractivity contribution in [1.29, 1.82) is 0 Å². The Kier molecular flexibility index (Phi) is 9.96. The van der Waals surface area contributed by atoms with Crippen LogP contribution in [0.25, 0.3) is 0 Å². The van der Waals surface area contributed by atoms with E-state index in [1.165, 1.54) is 0 Å². The zero-order valence-corrected chi connectivity index (χ0v) is 16.7. The Balaban J connectivity index is 0.000000283. The zero-order valence-electron chi connectivity index (χ0n) is 16.7. The van der Waals surface area contributed by atoms with Crippen LogP contribution >= 0.6 is 0 Å². The van der Waals surface area contributed by atoms with Gasteiger partial charge in [-0.1, -0.05) is 18.2 Å². The summed E-state index contributed by atoms with van der Waals surface area (Å²) >= 11 is 0. The average Bonchev–Trinajstić information content (AvgIpc) is 2.62. The molecular weight excluding hydrogens is 364 g/mol. The SMILES string of the molecule is CC(C)OC(=O)Oc1ccccc1.COc1ccc(OC(=O)OC(C)C)cc1. The summed E-state index contributed by atoms with van der Waals surface area (Å²) in [6.45, 7) is 7.06. The predicted octanol–water partition coefficient (Wildman–Crippen LogP) is 5.23. The molecule has 28 heavy (non-hydrogen) atoms. The molecular formula is C21H26O7. The number of methoxy groups -OCH3 is 1. The van der Waals surface area contributed by atoms with Crippen molar-refractivity contribution in [3.8, 4) is 17.2 Å². The van der Waals surface area contributed by atoms with E-state index in [2.05, 4.69) is 0 Å². The average molecular weight is 390 g/mol. The Bertz CT molecular complexity index is 709. The first-order valence-electron chi connectivity index (χ1n) is 8.76. The third-order valence-corrected chi connectivity index (χ3v) is 2.87. The van der Waals surface area contributed by atoms with Crippen LogP contribution in [0.5, 0.6) is 17.2 Å². The van der Waals surface area contributed by atoms with Gasteiger partial charge in [0.15, 0.2) is 0 Å². The number of rotatable bonds is 5. The van der Waals surface area contributed by atoms with E-state index >= 15 is 0 Å². The maximum absolute atomic E-state index is 11.1. The molecule has 0 bridgehead atoms. The fraction of sp³-hybridized carbons (Fsp3) is 0.333. The number of benzene rings is 2. The Morgan fingerprint density at radius 1 is 0.643 bits per heavy atom. The van der Waals surface area contributed by atoms with Gasteiger partial charge in [-0.25, -0.2) is 9.59 Å². The van der Waals surface area contributed by atoms with Crippen molar-refractivity contribution in [2.45, 2.75) is 39.9 Å². The molecule has 0 fully saturated rings. The number of carbonyl (C=O) groups excluding carboxylic acids is 2. The van der Waals surface area contributed by atoms with Gasteiger partial charge in [0.25, 0.3) is 0 Å². The van der Waals surface area contributed by atoms with Crippen LogP contribution in [0.1, 0.15) is 27.7 Å². The lowest BCUT2D eigenvalue weighted by Gasteiger charge is -2.08. The highest BCUT2D eigenvalue weighted by Crippen LogP contribution is 2.17. The fourth-order valence-electron chi connectivity index (χ4n) is 1.76. The summed E-state index contributed by atoms with van der Waals surface area (Å²) in [4.78, 5) is 22.1. The van der Waals surface area contributed by atoms with Crippen molar-refractivity contribution < 1.29 is 33.3 Å². The van der Waals surface area contributed by atoms with Gasteiger partial charge in [0.1, 0.15) is 17.2 Å². The standard InChI is InChI=1S/C11H14O4.C10H12O3/c1-8(2)14-11(12)15-10-6-4-9(13-3)5-7-10;1-8(2)12-10(11)13-9-6-4-3-5-7-9/h4-8H,1-3H3;3-8H,1-2H3. The minimum Gasteiger partial charge on any atom is -0.497 e. The number of carbonyl (C=O) groups is 2. The van der Waals surface area contributed by atoms with Crippen LogP contribution in [0.2, 0.25) is 0 Å². The number of para-hydroxylation sites is 1. The highest BCUT2D eigenvalue weighted by atomic mass is 16.7. The Morgan fingerprint density at radius 3 is 1.43 bits per heavy atom. The lowest BCUT2D eigenvalue weighted by atomic mass is 10.3. The van der Waals surface area contributed by atoms with Gasteiger partial charge < -0.3 is 23.7 Å². The van der Waals surface area contributed by atoms with Crippen LogP contribution < -0.4 is 14.2 Å². The number of hydrogen-bond acceptors (Lipinski definition) is 7. The summed E-state index contributed by atoms with van der Waals surface area (Å²) in [5.41, 5.74) is 0. The molecule has 2 aromatic rings. The lowest BCUT2D eigenvalue weighted by Crippen LogP contribution is -2.15. The van der Waals surface area contributed by atoms with Gasteiger partial charge in [-0.05, 0) is 64.1 Å². The molecule has 0 amide bonds. The second-order valence-electron chi connectivity index (χ2n) is 6.03. The van der Waals surface area contributed by atoms with Crippen molar-refractivity contribution in [2.75, 3.05) is 7.11 Å². The normalized spacial score (nSPS) is 9.82. The van der Waals surface area contributed by atoms with E-state index in [0.717, 1.165) is 0 Å². The van der Waals surface area contributed by atoms with Crippen LogP contribution in [0.15, 0.2) is 54.6 Å². The third kappa shape index (κ3) is 10.1. The lowest BCUT2D eigenvalue weighted by molar-refractivity contribution is 0.0716. The van der Waals surface area contributed by atoms with E-state index in [9.17, 15) is 9.59 Å². The fourth-order valence-corrected chi connectivity index (χ4v) is 1.76. The molecule has 0 aliphatic rings. The molecule has 152 valence electrons. The van der Waals surface area contributed by atoms with Crippen molar-refractivity contribution in [2.24, 2.45) is 0 Å². The molecule has 0 aliphatic heterocycles. The van der Waals surface area contributed by atoms with E-state index < -0.39 is 12.3 Å². The number of ether oxygens (including phenoxy) is 5. The second-order valence-corrected chi connectivity index (χ2v) is 6.03. The van der Waals surface area contributed by atoms with Crippen LogP contribution in [-0.2, 0) is 9.47 Å². The Morgan fingerprint density at radius 2 is 1.04 bits per heavy atom. The van der Waals surface area contributed by atoms with E-state index in [4.69, 9.17) is 23.7 Å². The summed E-state index contributed by atoms with van der Waals surface area (Å²) in [6.07, 6.45) is -1.71. The van der Waals surface area contributed by atoms with E-state index in [1.807, 2.05) is 6.07 Å². The smallest absolute Gasteiger partial charge is 0.497 e. The first-order valence-corrected chi connectivity index (χ1v) is 8.76. The molecule has 0 spiro atoms. The minimum atomic E-state index is -0.699. The van der Waals surface area contributed by atoms with Crippen molar-refractivity contribution in [3.05, 3.63) is 54.6 Å². The Hall–Kier alpha value is -3.22. The van der Waals surface area contributed by atoms with E-state index in [1.54, 1.807) is 83.3 Å². The summed E-state index contributed by atoms with van der Waals surface area (Å²) in [5, 5.41) is 0. The van der Waals surface area contributed by atoms with Gasteiger partial charge in [-0.15, -0.1) is 0 Å². The molecule has 0 N–H and O–H groups in total. The molecule has 0 radical (unpaired) electrons. The van der Waals surface area contributed by atoms with E-state index in [0.29, 0.717) is 17.2 Å². The maximum Gasteiger partial charge on any atom is 0.514 e. The summed E-state index contributed by atoms with van der Waals surface area (Å²) in [5.74, 6) is 1.63. The van der Waals surface area contributed by atoms with Crippen molar-refractivity contribution in [3.63, 3.8) is 0 Å². The molecule has 0 unspecified atom stereocenters. The summed E-state index contributed by atoms with van der Waals surface area (Å²) in [7, 11) is 1.57. The van der Waals surface area contributed by atoms with Gasteiger partial charge in [-0.3, -0.25) is 0 Å². The highest BCUT2D eigenvalue weighted by Gasteiger charge is 2.08. The quantitative estimate of drug-likeness (QED) is 0.511. The second kappa shape index (κ2) is 12.2. The summed E-state index contributed by atoms with van der Waals surface area (Å²) in [6, 6.07) is 15.5. The van der Waals surface area contributed by atoms with Gasteiger partial charge in [0.2, 0.25) is 0 Å². The maximum atomic E-state index is 11.1. The minimum absolute atomic E-state index is 0.156. The van der Waals surface area contributed by atoms with Gasteiger partial charge in [-0.2, -0.15) is 0 Å². The van der Waals surface area contributed by atoms with Gasteiger partial charge in [0.05, 0.1) is 19.3 Å². The molecule has 0 aromatic heterocycles. The highest BCUT2D eigenvalue weighted by molar-refractivity contribution is 5.64. The largest absolute Gasteiger partial charge is 0.514 e. The first kappa shape index (κ1) is 22.8. The molecule has 7 heteroatoms. The predicted molar refractivity (Wildman–Crippen MR) is 104 cm³/mol. The van der Waals surface area contributed by atoms with Crippen molar-refractivity contribution in [1.82, 2.24) is 0 Å². The van der Waals surface area contributed by atoms with Gasteiger partial charge in [0, 0.05) is 0 Å². The third-order valence-electron chi connectivity index (χ3n) is 2.87. The van der Waals surface area contributed by atoms with Crippen LogP contribution in [0.4, 0.5) is 9.59 Å². The Labute approximate surface area is 165 Å². The molecule has 0 saturated carbocycles. The van der Waals surface area contributed by atoms with E-state index in [-0.39, 0.29) is 12.2 Å². The zero-order chi connectivity index (χ0) is 20.9. The van der Waals surface area contributed by atoms with Crippen LogP contribution in [-0.4, -0.2) is 31.6 Å². The monoisotopic (exact) mass is 390 g/mol. The molecule has 0 atom stereocenters. The molecule has 2 rings (SSSR count).